The smallest absolute Gasteiger partial charge is 0.113 e. The van der Waals surface area contributed by atoms with E-state index in [-0.39, 0.29) is 0 Å². The number of aromatic nitrogens is 3. The van der Waals surface area contributed by atoms with Crippen molar-refractivity contribution >= 4 is 0 Å². The summed E-state index contributed by atoms with van der Waals surface area (Å²) in [5.74, 6) is 7.16. The Balaban J connectivity index is 1.91. The van der Waals surface area contributed by atoms with Crippen LogP contribution in [0.25, 0.3) is 11.3 Å². The van der Waals surface area contributed by atoms with E-state index < -0.39 is 0 Å². The average Bonchev–Trinajstić information content (AvgIpc) is 3.09. The second-order valence-corrected chi connectivity index (χ2v) is 4.85. The number of hydrogen-bond donors (Lipinski definition) is 0. The van der Waals surface area contributed by atoms with Gasteiger partial charge in [0, 0.05) is 24.1 Å². The zero-order valence-electron chi connectivity index (χ0n) is 10.6. The fourth-order valence-corrected chi connectivity index (χ4v) is 1.91. The topological polar surface area (TPSA) is 30.7 Å². The first kappa shape index (κ1) is 11.0. The fraction of sp³-hybridized carbons (Fsp3) is 0.333. The van der Waals surface area contributed by atoms with Gasteiger partial charge in [0.25, 0.3) is 0 Å². The highest BCUT2D eigenvalue weighted by molar-refractivity contribution is 5.64. The molecule has 90 valence electrons. The predicted molar refractivity (Wildman–Crippen MR) is 70.8 cm³/mol. The summed E-state index contributed by atoms with van der Waals surface area (Å²) < 4.78 is 1.72. The second-order valence-electron chi connectivity index (χ2n) is 4.85. The lowest BCUT2D eigenvalue weighted by molar-refractivity contribution is 0.715. The molecule has 0 saturated heterocycles. The largest absolute Gasteiger partial charge is 0.255 e. The molecule has 0 aliphatic heterocycles. The Labute approximate surface area is 107 Å². The van der Waals surface area contributed by atoms with Crippen LogP contribution < -0.4 is 0 Å². The highest BCUT2D eigenvalue weighted by Gasteiger charge is 2.17. The molecule has 0 atom stereocenters. The summed E-state index contributed by atoms with van der Waals surface area (Å²) in [6.45, 7) is 2.09. The number of aryl methyl sites for hydroxylation is 2. The second kappa shape index (κ2) is 4.30. The summed E-state index contributed by atoms with van der Waals surface area (Å²) in [6, 6.07) is 6.27. The van der Waals surface area contributed by atoms with Crippen LogP contribution in [0.2, 0.25) is 0 Å². The van der Waals surface area contributed by atoms with Crippen molar-refractivity contribution in [3.8, 4) is 23.1 Å². The van der Waals surface area contributed by atoms with Crippen LogP contribution in [0.5, 0.6) is 0 Å². The fourth-order valence-electron chi connectivity index (χ4n) is 1.91. The van der Waals surface area contributed by atoms with Gasteiger partial charge in [-0.25, -0.2) is 0 Å². The highest BCUT2D eigenvalue weighted by atomic mass is 15.4. The van der Waals surface area contributed by atoms with Crippen LogP contribution in [0.4, 0.5) is 0 Å². The van der Waals surface area contributed by atoms with Crippen molar-refractivity contribution in [3.05, 3.63) is 35.5 Å². The van der Waals surface area contributed by atoms with Gasteiger partial charge in [-0.2, -0.15) is 0 Å². The Morgan fingerprint density at radius 1 is 1.33 bits per heavy atom. The quantitative estimate of drug-likeness (QED) is 0.714. The summed E-state index contributed by atoms with van der Waals surface area (Å²) in [7, 11) is 1.88. The Morgan fingerprint density at radius 2 is 2.17 bits per heavy atom. The van der Waals surface area contributed by atoms with Crippen molar-refractivity contribution in [2.75, 3.05) is 0 Å². The minimum absolute atomic E-state index is 0.643. The SMILES string of the molecule is Cc1cc(C#CC2CC2)ccc1-c1cn(C)nn1. The van der Waals surface area contributed by atoms with Crippen LogP contribution in [0, 0.1) is 24.7 Å². The minimum atomic E-state index is 0.643. The van der Waals surface area contributed by atoms with Gasteiger partial charge in [0.1, 0.15) is 5.69 Å². The third-order valence-corrected chi connectivity index (χ3v) is 3.10. The molecule has 0 spiro atoms. The molecule has 0 amide bonds. The molecule has 1 aromatic carbocycles. The molecule has 1 aliphatic rings. The Hall–Kier alpha value is -2.08. The van der Waals surface area contributed by atoms with Gasteiger partial charge in [-0.05, 0) is 37.5 Å². The maximum Gasteiger partial charge on any atom is 0.113 e. The molecule has 1 heterocycles. The molecule has 1 aromatic heterocycles. The van der Waals surface area contributed by atoms with Crippen molar-refractivity contribution in [2.45, 2.75) is 19.8 Å². The molecule has 1 aliphatic carbocycles. The monoisotopic (exact) mass is 237 g/mol. The van der Waals surface area contributed by atoms with Gasteiger partial charge in [-0.3, -0.25) is 4.68 Å². The molecule has 0 radical (unpaired) electrons. The predicted octanol–water partition coefficient (Wildman–Crippen LogP) is 2.55. The van der Waals surface area contributed by atoms with Gasteiger partial charge >= 0.3 is 0 Å². The Kier molecular flexibility index (Phi) is 2.64. The maximum atomic E-state index is 4.14. The summed E-state index contributed by atoms with van der Waals surface area (Å²) >= 11 is 0. The van der Waals surface area contributed by atoms with Gasteiger partial charge in [0.2, 0.25) is 0 Å². The minimum Gasteiger partial charge on any atom is -0.255 e. The summed E-state index contributed by atoms with van der Waals surface area (Å²) in [5.41, 5.74) is 4.32. The van der Waals surface area contributed by atoms with E-state index in [9.17, 15) is 0 Å². The van der Waals surface area contributed by atoms with Crippen LogP contribution >= 0.6 is 0 Å². The van der Waals surface area contributed by atoms with Crippen molar-refractivity contribution in [1.29, 1.82) is 0 Å². The summed E-state index contributed by atoms with van der Waals surface area (Å²) in [5, 5.41) is 8.10. The van der Waals surface area contributed by atoms with Crippen LogP contribution in [0.15, 0.2) is 24.4 Å². The molecule has 3 heteroatoms. The van der Waals surface area contributed by atoms with Gasteiger partial charge in [-0.1, -0.05) is 23.1 Å². The van der Waals surface area contributed by atoms with E-state index in [1.165, 1.54) is 18.4 Å². The molecular weight excluding hydrogens is 222 g/mol. The van der Waals surface area contributed by atoms with Gasteiger partial charge in [-0.15, -0.1) is 5.10 Å². The average molecular weight is 237 g/mol. The van der Waals surface area contributed by atoms with Crippen molar-refractivity contribution < 1.29 is 0 Å². The zero-order chi connectivity index (χ0) is 12.5. The molecule has 0 unspecified atom stereocenters. The number of benzene rings is 1. The normalized spacial score (nSPS) is 14.1. The maximum absolute atomic E-state index is 4.14. The van der Waals surface area contributed by atoms with Gasteiger partial charge < -0.3 is 0 Å². The van der Waals surface area contributed by atoms with E-state index in [1.54, 1.807) is 4.68 Å². The third kappa shape index (κ3) is 2.28. The Morgan fingerprint density at radius 3 is 2.78 bits per heavy atom. The first-order valence-electron chi connectivity index (χ1n) is 6.21. The van der Waals surface area contributed by atoms with Crippen molar-refractivity contribution in [2.24, 2.45) is 13.0 Å². The molecule has 0 bridgehead atoms. The molecule has 3 rings (SSSR count). The molecule has 0 N–H and O–H groups in total. The van der Waals surface area contributed by atoms with Crippen molar-refractivity contribution in [3.63, 3.8) is 0 Å². The van der Waals surface area contributed by atoms with E-state index >= 15 is 0 Å². The van der Waals surface area contributed by atoms with Gasteiger partial charge in [0.05, 0.1) is 6.20 Å². The van der Waals surface area contributed by atoms with Crippen LogP contribution in [0.3, 0.4) is 0 Å². The van der Waals surface area contributed by atoms with E-state index in [2.05, 4.69) is 47.3 Å². The first-order chi connectivity index (χ1) is 8.72. The summed E-state index contributed by atoms with van der Waals surface area (Å²) in [4.78, 5) is 0. The number of rotatable bonds is 1. The molecule has 3 nitrogen and oxygen atoms in total. The third-order valence-electron chi connectivity index (χ3n) is 3.10. The van der Waals surface area contributed by atoms with Crippen LogP contribution in [-0.2, 0) is 7.05 Å². The molecule has 18 heavy (non-hydrogen) atoms. The first-order valence-corrected chi connectivity index (χ1v) is 6.21. The van der Waals surface area contributed by atoms with E-state index in [4.69, 9.17) is 0 Å². The lowest BCUT2D eigenvalue weighted by atomic mass is 10.0. The van der Waals surface area contributed by atoms with E-state index in [0.29, 0.717) is 5.92 Å². The molecule has 1 saturated carbocycles. The molecule has 1 fully saturated rings. The number of nitrogens with zero attached hydrogens (tertiary/aromatic N) is 3. The summed E-state index contributed by atoms with van der Waals surface area (Å²) in [6.07, 6.45) is 4.46. The molecular formula is C15H15N3. The Bertz CT molecular complexity index is 639. The van der Waals surface area contributed by atoms with Crippen LogP contribution in [-0.4, -0.2) is 15.0 Å². The lowest BCUT2D eigenvalue weighted by Gasteiger charge is -2.02. The van der Waals surface area contributed by atoms with E-state index in [1.807, 2.05) is 13.2 Å². The van der Waals surface area contributed by atoms with Gasteiger partial charge in [0.15, 0.2) is 0 Å². The van der Waals surface area contributed by atoms with Crippen molar-refractivity contribution in [1.82, 2.24) is 15.0 Å². The lowest BCUT2D eigenvalue weighted by Crippen LogP contribution is -1.85. The highest BCUT2D eigenvalue weighted by Crippen LogP contribution is 2.28. The molecule has 2 aromatic rings. The number of hydrogen-bond acceptors (Lipinski definition) is 2. The van der Waals surface area contributed by atoms with E-state index in [0.717, 1.165) is 16.8 Å². The standard InChI is InChI=1S/C15H15N3/c1-11-9-13(6-5-12-3-4-12)7-8-14(11)15-10-18(2)17-16-15/h7-10,12H,3-4H2,1-2H3. The zero-order valence-corrected chi connectivity index (χ0v) is 10.6. The van der Waals surface area contributed by atoms with Crippen LogP contribution in [0.1, 0.15) is 24.0 Å².